The summed E-state index contributed by atoms with van der Waals surface area (Å²) in [7, 11) is -3.25. The van der Waals surface area contributed by atoms with Crippen LogP contribution in [0.4, 0.5) is 0 Å². The van der Waals surface area contributed by atoms with Crippen LogP contribution in [-0.4, -0.2) is 26.6 Å². The average Bonchev–Trinajstić information content (AvgIpc) is 2.46. The van der Waals surface area contributed by atoms with E-state index in [2.05, 4.69) is 5.32 Å². The second-order valence-corrected chi connectivity index (χ2v) is 7.52. The molecule has 4 nitrogen and oxygen atoms in total. The Morgan fingerprint density at radius 1 is 1.00 bits per heavy atom. The van der Waals surface area contributed by atoms with E-state index in [1.165, 1.54) is 6.26 Å². The van der Waals surface area contributed by atoms with Gasteiger partial charge in [0.25, 0.3) is 5.91 Å². The third-order valence-electron chi connectivity index (χ3n) is 3.14. The van der Waals surface area contributed by atoms with Crippen molar-refractivity contribution >= 4 is 15.7 Å². The number of hydrogen-bond acceptors (Lipinski definition) is 3. The van der Waals surface area contributed by atoms with E-state index in [9.17, 15) is 13.2 Å². The Balaban J connectivity index is 2.40. The van der Waals surface area contributed by atoms with Gasteiger partial charge in [0.2, 0.25) is 0 Å². The second-order valence-electron chi connectivity index (χ2n) is 5.51. The third kappa shape index (κ3) is 3.95. The van der Waals surface area contributed by atoms with Crippen molar-refractivity contribution in [1.82, 2.24) is 5.32 Å². The maximum Gasteiger partial charge on any atom is 0.251 e. The zero-order valence-corrected chi connectivity index (χ0v) is 13.6. The van der Waals surface area contributed by atoms with Crippen molar-refractivity contribution in [3.63, 3.8) is 0 Å². The van der Waals surface area contributed by atoms with Crippen LogP contribution < -0.4 is 5.32 Å². The molecule has 0 saturated carbocycles. The molecular formula is C17H19NO3S. The van der Waals surface area contributed by atoms with Crippen LogP contribution in [0.1, 0.15) is 24.2 Å². The summed E-state index contributed by atoms with van der Waals surface area (Å²) in [4.78, 5) is 12.3. The SMILES string of the molecule is CC(C)NC(=O)c1cccc(-c2cccc(S(C)(=O)=O)c2)c1. The molecule has 22 heavy (non-hydrogen) atoms. The Morgan fingerprint density at radius 2 is 1.59 bits per heavy atom. The highest BCUT2D eigenvalue weighted by Gasteiger charge is 2.11. The van der Waals surface area contributed by atoms with E-state index in [1.807, 2.05) is 26.0 Å². The molecule has 1 N–H and O–H groups in total. The van der Waals surface area contributed by atoms with Crippen LogP contribution in [0.25, 0.3) is 11.1 Å². The number of hydrogen-bond donors (Lipinski definition) is 1. The number of benzene rings is 2. The first-order chi connectivity index (χ1) is 10.3. The van der Waals surface area contributed by atoms with Gasteiger partial charge in [0.05, 0.1) is 4.90 Å². The van der Waals surface area contributed by atoms with Gasteiger partial charge in [-0.3, -0.25) is 4.79 Å². The van der Waals surface area contributed by atoms with Crippen LogP contribution in [0.3, 0.4) is 0 Å². The van der Waals surface area contributed by atoms with Crippen molar-refractivity contribution in [2.75, 3.05) is 6.26 Å². The highest BCUT2D eigenvalue weighted by atomic mass is 32.2. The second kappa shape index (κ2) is 6.32. The minimum atomic E-state index is -3.25. The minimum Gasteiger partial charge on any atom is -0.350 e. The summed E-state index contributed by atoms with van der Waals surface area (Å²) in [6.45, 7) is 3.80. The van der Waals surface area contributed by atoms with Crippen LogP contribution in [0.2, 0.25) is 0 Å². The zero-order valence-electron chi connectivity index (χ0n) is 12.8. The third-order valence-corrected chi connectivity index (χ3v) is 4.25. The molecule has 0 fully saturated rings. The van der Waals surface area contributed by atoms with Gasteiger partial charge in [-0.25, -0.2) is 8.42 Å². The van der Waals surface area contributed by atoms with E-state index in [-0.39, 0.29) is 16.8 Å². The first-order valence-corrected chi connectivity index (χ1v) is 8.88. The first kappa shape index (κ1) is 16.2. The Hall–Kier alpha value is -2.14. The summed E-state index contributed by atoms with van der Waals surface area (Å²) in [6, 6.07) is 13.9. The highest BCUT2D eigenvalue weighted by molar-refractivity contribution is 7.90. The first-order valence-electron chi connectivity index (χ1n) is 6.99. The van der Waals surface area contributed by atoms with Crippen LogP contribution >= 0.6 is 0 Å². The van der Waals surface area contributed by atoms with Gasteiger partial charge < -0.3 is 5.32 Å². The summed E-state index contributed by atoms with van der Waals surface area (Å²) >= 11 is 0. The van der Waals surface area contributed by atoms with Gasteiger partial charge in [-0.15, -0.1) is 0 Å². The van der Waals surface area contributed by atoms with Gasteiger partial charge in [0.1, 0.15) is 0 Å². The Bertz CT molecular complexity index is 795. The van der Waals surface area contributed by atoms with Gasteiger partial charge in [-0.05, 0) is 49.2 Å². The summed E-state index contributed by atoms with van der Waals surface area (Å²) < 4.78 is 23.3. The van der Waals surface area contributed by atoms with Crippen LogP contribution in [-0.2, 0) is 9.84 Å². The molecule has 1 amide bonds. The van der Waals surface area contributed by atoms with Crippen molar-refractivity contribution in [1.29, 1.82) is 0 Å². The molecule has 2 aromatic rings. The molecule has 116 valence electrons. The number of rotatable bonds is 4. The molecule has 5 heteroatoms. The minimum absolute atomic E-state index is 0.0599. The number of amides is 1. The summed E-state index contributed by atoms with van der Waals surface area (Å²) in [5.74, 6) is -0.142. The molecule has 0 heterocycles. The summed E-state index contributed by atoms with van der Waals surface area (Å²) in [5.41, 5.74) is 2.12. The molecule has 0 aliphatic heterocycles. The maximum absolute atomic E-state index is 12.1. The van der Waals surface area contributed by atoms with E-state index < -0.39 is 9.84 Å². The van der Waals surface area contributed by atoms with Gasteiger partial charge in [-0.1, -0.05) is 24.3 Å². The number of nitrogens with one attached hydrogen (secondary N) is 1. The number of carbonyl (C=O) groups is 1. The maximum atomic E-state index is 12.1. The molecule has 0 saturated heterocycles. The lowest BCUT2D eigenvalue weighted by Crippen LogP contribution is -2.30. The summed E-state index contributed by atoms with van der Waals surface area (Å²) in [5, 5.41) is 2.84. The quantitative estimate of drug-likeness (QED) is 0.943. The van der Waals surface area contributed by atoms with E-state index in [1.54, 1.807) is 36.4 Å². The molecule has 0 bridgehead atoms. The molecule has 0 atom stereocenters. The van der Waals surface area contributed by atoms with Gasteiger partial charge in [0, 0.05) is 17.9 Å². The molecular weight excluding hydrogens is 298 g/mol. The molecule has 0 aliphatic rings. The lowest BCUT2D eigenvalue weighted by Gasteiger charge is -2.10. The van der Waals surface area contributed by atoms with Crippen LogP contribution in [0, 0.1) is 0 Å². The molecule has 0 radical (unpaired) electrons. The molecule has 2 rings (SSSR count). The zero-order chi connectivity index (χ0) is 16.3. The number of sulfone groups is 1. The average molecular weight is 317 g/mol. The fourth-order valence-electron chi connectivity index (χ4n) is 2.09. The Morgan fingerprint density at radius 3 is 2.18 bits per heavy atom. The van der Waals surface area contributed by atoms with Crippen molar-refractivity contribution < 1.29 is 13.2 Å². The van der Waals surface area contributed by atoms with Gasteiger partial charge in [-0.2, -0.15) is 0 Å². The lowest BCUT2D eigenvalue weighted by atomic mass is 10.0. The van der Waals surface area contributed by atoms with E-state index in [4.69, 9.17) is 0 Å². The molecule has 0 spiro atoms. The normalized spacial score (nSPS) is 11.5. The van der Waals surface area contributed by atoms with Crippen molar-refractivity contribution in [2.24, 2.45) is 0 Å². The fraction of sp³-hybridized carbons (Fsp3) is 0.235. The van der Waals surface area contributed by atoms with E-state index in [0.29, 0.717) is 5.56 Å². The van der Waals surface area contributed by atoms with E-state index in [0.717, 1.165) is 11.1 Å². The van der Waals surface area contributed by atoms with Crippen LogP contribution in [0.5, 0.6) is 0 Å². The molecule has 0 aromatic heterocycles. The largest absolute Gasteiger partial charge is 0.350 e. The van der Waals surface area contributed by atoms with Crippen molar-refractivity contribution in [2.45, 2.75) is 24.8 Å². The molecule has 2 aromatic carbocycles. The molecule has 0 unspecified atom stereocenters. The monoisotopic (exact) mass is 317 g/mol. The number of carbonyl (C=O) groups excluding carboxylic acids is 1. The topological polar surface area (TPSA) is 63.2 Å². The predicted molar refractivity (Wildman–Crippen MR) is 87.6 cm³/mol. The Kier molecular flexibility index (Phi) is 4.66. The smallest absolute Gasteiger partial charge is 0.251 e. The van der Waals surface area contributed by atoms with Crippen molar-refractivity contribution in [3.8, 4) is 11.1 Å². The molecule has 0 aliphatic carbocycles. The summed E-state index contributed by atoms with van der Waals surface area (Å²) in [6.07, 6.45) is 1.18. The lowest BCUT2D eigenvalue weighted by molar-refractivity contribution is 0.0943. The predicted octanol–water partition coefficient (Wildman–Crippen LogP) is 2.90. The standard InChI is InChI=1S/C17H19NO3S/c1-12(2)18-17(19)15-8-4-6-13(10-15)14-7-5-9-16(11-14)22(3,20)21/h4-12H,1-3H3,(H,18,19). The van der Waals surface area contributed by atoms with Crippen LogP contribution in [0.15, 0.2) is 53.4 Å². The van der Waals surface area contributed by atoms with E-state index >= 15 is 0 Å². The Labute approximate surface area is 131 Å². The highest BCUT2D eigenvalue weighted by Crippen LogP contribution is 2.23. The van der Waals surface area contributed by atoms with Gasteiger partial charge in [0.15, 0.2) is 9.84 Å². The van der Waals surface area contributed by atoms with Crippen molar-refractivity contribution in [3.05, 3.63) is 54.1 Å². The fourth-order valence-corrected chi connectivity index (χ4v) is 2.76. The van der Waals surface area contributed by atoms with Gasteiger partial charge >= 0.3 is 0 Å².